The Bertz CT molecular complexity index is 492. The van der Waals surface area contributed by atoms with E-state index in [-0.39, 0.29) is 11.1 Å². The lowest BCUT2D eigenvalue weighted by Gasteiger charge is -2.10. The van der Waals surface area contributed by atoms with Gasteiger partial charge < -0.3 is 0 Å². The fourth-order valence-corrected chi connectivity index (χ4v) is 2.43. The molecule has 2 nitrogen and oxygen atoms in total. The van der Waals surface area contributed by atoms with Crippen molar-refractivity contribution in [2.75, 3.05) is 6.26 Å². The van der Waals surface area contributed by atoms with Crippen molar-refractivity contribution in [2.24, 2.45) is 0 Å². The maximum atomic E-state index is 13.2. The summed E-state index contributed by atoms with van der Waals surface area (Å²) in [5.74, 6) is -4.76. The van der Waals surface area contributed by atoms with E-state index in [1.807, 2.05) is 0 Å². The second kappa shape index (κ2) is 3.52. The summed E-state index contributed by atoms with van der Waals surface area (Å²) in [6.07, 6.45) is 0.745. The van der Waals surface area contributed by atoms with Gasteiger partial charge in [0.25, 0.3) is 0 Å². The normalized spacial score (nSPS) is 11.9. The Morgan fingerprint density at radius 2 is 1.33 bits per heavy atom. The molecular weight excluding hydrogens is 229 g/mol. The maximum Gasteiger partial charge on any atom is 0.196 e. The van der Waals surface area contributed by atoms with Crippen molar-refractivity contribution in [3.63, 3.8) is 0 Å². The smallest absolute Gasteiger partial charge is 0.196 e. The van der Waals surface area contributed by atoms with Crippen LogP contribution in [0.15, 0.2) is 4.90 Å². The molecule has 0 atom stereocenters. The summed E-state index contributed by atoms with van der Waals surface area (Å²) in [7, 11) is -3.91. The van der Waals surface area contributed by atoms with Crippen molar-refractivity contribution in [2.45, 2.75) is 18.7 Å². The van der Waals surface area contributed by atoms with Gasteiger partial charge >= 0.3 is 0 Å². The van der Waals surface area contributed by atoms with Crippen LogP contribution in [0.4, 0.5) is 13.2 Å². The van der Waals surface area contributed by atoms with Crippen LogP contribution in [0.25, 0.3) is 0 Å². The standard InChI is InChI=1S/C9H9F3O2S/c1-4-5(2)9(15(3,13)14)8(12)7(11)6(4)10/h1-3H3. The summed E-state index contributed by atoms with van der Waals surface area (Å²) < 4.78 is 61.5. The van der Waals surface area contributed by atoms with Gasteiger partial charge in [0.05, 0.1) is 0 Å². The summed E-state index contributed by atoms with van der Waals surface area (Å²) in [6.45, 7) is 2.43. The zero-order chi connectivity index (χ0) is 12.0. The topological polar surface area (TPSA) is 34.1 Å². The third kappa shape index (κ3) is 1.86. The molecule has 6 heteroatoms. The fourth-order valence-electron chi connectivity index (χ4n) is 1.30. The van der Waals surface area contributed by atoms with Crippen LogP contribution in [-0.4, -0.2) is 14.7 Å². The number of sulfone groups is 1. The van der Waals surface area contributed by atoms with E-state index in [1.165, 1.54) is 13.8 Å². The molecule has 0 aromatic heterocycles. The molecule has 0 aliphatic rings. The molecule has 0 spiro atoms. The minimum Gasteiger partial charge on any atom is -0.224 e. The largest absolute Gasteiger partial charge is 0.224 e. The molecular formula is C9H9F3O2S. The van der Waals surface area contributed by atoms with Crippen LogP contribution < -0.4 is 0 Å². The van der Waals surface area contributed by atoms with Gasteiger partial charge in [0.1, 0.15) is 4.90 Å². The van der Waals surface area contributed by atoms with E-state index in [0.717, 1.165) is 6.26 Å². The second-order valence-electron chi connectivity index (χ2n) is 3.29. The molecule has 0 amide bonds. The summed E-state index contributed by atoms with van der Waals surface area (Å²) >= 11 is 0. The average molecular weight is 238 g/mol. The molecule has 0 bridgehead atoms. The van der Waals surface area contributed by atoms with E-state index in [1.54, 1.807) is 0 Å². The number of benzene rings is 1. The molecule has 0 unspecified atom stereocenters. The monoisotopic (exact) mass is 238 g/mol. The first-order chi connectivity index (χ1) is 6.68. The molecule has 1 aromatic rings. The Morgan fingerprint density at radius 3 is 1.73 bits per heavy atom. The van der Waals surface area contributed by atoms with E-state index < -0.39 is 32.2 Å². The van der Waals surface area contributed by atoms with Crippen LogP contribution in [0.3, 0.4) is 0 Å². The van der Waals surface area contributed by atoms with Crippen molar-refractivity contribution in [3.8, 4) is 0 Å². The van der Waals surface area contributed by atoms with Crippen LogP contribution in [0.2, 0.25) is 0 Å². The molecule has 1 aromatic carbocycles. The number of halogens is 3. The quantitative estimate of drug-likeness (QED) is 0.554. The molecule has 0 N–H and O–H groups in total. The summed E-state index contributed by atoms with van der Waals surface area (Å²) in [4.78, 5) is -0.779. The number of hydrogen-bond donors (Lipinski definition) is 0. The lowest BCUT2D eigenvalue weighted by atomic mass is 10.1. The predicted molar refractivity (Wildman–Crippen MR) is 48.9 cm³/mol. The maximum absolute atomic E-state index is 13.2. The molecule has 0 saturated heterocycles. The van der Waals surface area contributed by atoms with Gasteiger partial charge in [-0.15, -0.1) is 0 Å². The van der Waals surface area contributed by atoms with Crippen LogP contribution in [0.1, 0.15) is 11.1 Å². The first-order valence-corrected chi connectivity index (χ1v) is 5.90. The first kappa shape index (κ1) is 12.0. The minimum atomic E-state index is -3.91. The van der Waals surface area contributed by atoms with Gasteiger partial charge in [-0.2, -0.15) is 0 Å². The second-order valence-corrected chi connectivity index (χ2v) is 5.25. The highest BCUT2D eigenvalue weighted by atomic mass is 32.2. The van der Waals surface area contributed by atoms with Crippen LogP contribution >= 0.6 is 0 Å². The van der Waals surface area contributed by atoms with E-state index in [2.05, 4.69) is 0 Å². The van der Waals surface area contributed by atoms with E-state index in [0.29, 0.717) is 0 Å². The lowest BCUT2D eigenvalue weighted by Crippen LogP contribution is -2.10. The van der Waals surface area contributed by atoms with Crippen LogP contribution in [0.5, 0.6) is 0 Å². The van der Waals surface area contributed by atoms with Gasteiger partial charge in [-0.25, -0.2) is 21.6 Å². The van der Waals surface area contributed by atoms with Crippen LogP contribution in [0, 0.1) is 31.3 Å². The van der Waals surface area contributed by atoms with E-state index in [9.17, 15) is 21.6 Å². The van der Waals surface area contributed by atoms with Crippen molar-refractivity contribution in [1.82, 2.24) is 0 Å². The Morgan fingerprint density at radius 1 is 0.867 bits per heavy atom. The third-order valence-corrected chi connectivity index (χ3v) is 3.41. The Hall–Kier alpha value is -1.04. The number of hydrogen-bond acceptors (Lipinski definition) is 2. The summed E-state index contributed by atoms with van der Waals surface area (Å²) in [6, 6.07) is 0. The molecule has 0 radical (unpaired) electrons. The van der Waals surface area contributed by atoms with Gasteiger partial charge in [0.2, 0.25) is 0 Å². The highest BCUT2D eigenvalue weighted by Crippen LogP contribution is 2.27. The molecule has 0 aliphatic heterocycles. The van der Waals surface area contributed by atoms with Crippen LogP contribution in [-0.2, 0) is 9.84 Å². The highest BCUT2D eigenvalue weighted by molar-refractivity contribution is 7.90. The predicted octanol–water partition coefficient (Wildman–Crippen LogP) is 2.12. The van der Waals surface area contributed by atoms with E-state index in [4.69, 9.17) is 0 Å². The summed E-state index contributed by atoms with van der Waals surface area (Å²) in [5.41, 5.74) is -0.303. The number of rotatable bonds is 1. The van der Waals surface area contributed by atoms with Gasteiger partial charge in [-0.05, 0) is 25.0 Å². The van der Waals surface area contributed by atoms with E-state index >= 15 is 0 Å². The van der Waals surface area contributed by atoms with Gasteiger partial charge in [0.15, 0.2) is 27.3 Å². The van der Waals surface area contributed by atoms with Gasteiger partial charge in [-0.3, -0.25) is 0 Å². The Kier molecular flexibility index (Phi) is 2.82. The Labute approximate surface area is 85.6 Å². The highest BCUT2D eigenvalue weighted by Gasteiger charge is 2.26. The Balaban J connectivity index is 3.84. The molecule has 1 rings (SSSR count). The average Bonchev–Trinajstić information content (AvgIpc) is 2.09. The zero-order valence-electron chi connectivity index (χ0n) is 8.36. The lowest BCUT2D eigenvalue weighted by molar-refractivity contribution is 0.427. The third-order valence-electron chi connectivity index (χ3n) is 2.19. The molecule has 0 heterocycles. The minimum absolute atomic E-state index is 0.103. The molecule has 15 heavy (non-hydrogen) atoms. The molecule has 0 fully saturated rings. The fraction of sp³-hybridized carbons (Fsp3) is 0.333. The summed E-state index contributed by atoms with van der Waals surface area (Å²) in [5, 5.41) is 0. The van der Waals surface area contributed by atoms with Gasteiger partial charge in [0, 0.05) is 6.26 Å². The molecule has 84 valence electrons. The SMILES string of the molecule is Cc1c(C)c(S(C)(=O)=O)c(F)c(F)c1F. The van der Waals surface area contributed by atoms with Crippen molar-refractivity contribution in [1.29, 1.82) is 0 Å². The zero-order valence-corrected chi connectivity index (χ0v) is 9.18. The van der Waals surface area contributed by atoms with Crippen molar-refractivity contribution < 1.29 is 21.6 Å². The van der Waals surface area contributed by atoms with Gasteiger partial charge in [-0.1, -0.05) is 0 Å². The molecule has 0 saturated carbocycles. The van der Waals surface area contributed by atoms with Crippen molar-refractivity contribution in [3.05, 3.63) is 28.6 Å². The first-order valence-electron chi connectivity index (χ1n) is 4.01. The molecule has 0 aliphatic carbocycles. The van der Waals surface area contributed by atoms with Crippen molar-refractivity contribution >= 4 is 9.84 Å².